The van der Waals surface area contributed by atoms with Gasteiger partial charge in [0.1, 0.15) is 0 Å². The van der Waals surface area contributed by atoms with E-state index in [1.807, 2.05) is 24.3 Å². The highest BCUT2D eigenvalue weighted by Gasteiger charge is 2.27. The van der Waals surface area contributed by atoms with E-state index in [1.54, 1.807) is 0 Å². The Morgan fingerprint density at radius 2 is 0.780 bits per heavy atom. The smallest absolute Gasteiger partial charge is 0.166 e. The average Bonchev–Trinajstić information content (AvgIpc) is 3.59. The molecule has 1 aliphatic carbocycles. The van der Waals surface area contributed by atoms with Crippen molar-refractivity contribution in [2.24, 2.45) is 0 Å². The Morgan fingerprint density at radius 3 is 1.51 bits per heavy atom. The molecule has 0 saturated carbocycles. The Kier molecular flexibility index (Phi) is 7.50. The highest BCUT2D eigenvalue weighted by molar-refractivity contribution is 6.32. The SMILES string of the molecule is c1ccc(-c2cccc(-c3nc(-c4ccccc4)nc(-c4ccccc4-n4c5cccc6c5c5c7c(cccc7c(-c7ccccc7)cc54)-c4ccccc4-6)n3)c2)cc1. The van der Waals surface area contributed by atoms with Crippen molar-refractivity contribution in [3.8, 4) is 84.4 Å². The fraction of sp³-hybridized carbons (Fsp3) is 0. The summed E-state index contributed by atoms with van der Waals surface area (Å²) in [6.45, 7) is 0. The van der Waals surface area contributed by atoms with Gasteiger partial charge in [0.05, 0.1) is 16.7 Å². The zero-order valence-electron chi connectivity index (χ0n) is 31.9. The second kappa shape index (κ2) is 13.3. The van der Waals surface area contributed by atoms with Gasteiger partial charge in [0.2, 0.25) is 0 Å². The molecule has 0 radical (unpaired) electrons. The van der Waals surface area contributed by atoms with Crippen LogP contribution in [-0.4, -0.2) is 19.5 Å². The van der Waals surface area contributed by atoms with Crippen LogP contribution in [0, 0.1) is 0 Å². The molecular weight excluding hydrogens is 717 g/mol. The molecule has 2 aromatic heterocycles. The third-order valence-electron chi connectivity index (χ3n) is 11.8. The lowest BCUT2D eigenvalue weighted by Crippen LogP contribution is -2.04. The monoisotopic (exact) mass is 750 g/mol. The van der Waals surface area contributed by atoms with E-state index in [2.05, 4.69) is 187 Å². The molecule has 1 aliphatic rings. The predicted octanol–water partition coefficient (Wildman–Crippen LogP) is 14.1. The van der Waals surface area contributed by atoms with Gasteiger partial charge in [-0.1, -0.05) is 176 Å². The first-order chi connectivity index (χ1) is 29.3. The van der Waals surface area contributed by atoms with Gasteiger partial charge in [-0.05, 0) is 80.2 Å². The highest BCUT2D eigenvalue weighted by Crippen LogP contribution is 2.52. The van der Waals surface area contributed by atoms with Gasteiger partial charge in [0, 0.05) is 32.8 Å². The molecule has 4 heteroatoms. The maximum absolute atomic E-state index is 5.32. The normalized spacial score (nSPS) is 11.7. The fourth-order valence-electron chi connectivity index (χ4n) is 9.20. The fourth-order valence-corrected chi connectivity index (χ4v) is 9.20. The van der Waals surface area contributed by atoms with Crippen molar-refractivity contribution in [2.75, 3.05) is 0 Å². The third kappa shape index (κ3) is 5.27. The maximum Gasteiger partial charge on any atom is 0.166 e. The number of fused-ring (bicyclic) bond motifs is 3. The van der Waals surface area contributed by atoms with E-state index in [-0.39, 0.29) is 0 Å². The molecule has 0 saturated heterocycles. The minimum Gasteiger partial charge on any atom is -0.308 e. The molecule has 0 unspecified atom stereocenters. The van der Waals surface area contributed by atoms with Crippen LogP contribution in [0.25, 0.3) is 117 Å². The van der Waals surface area contributed by atoms with E-state index in [4.69, 9.17) is 15.0 Å². The minimum atomic E-state index is 0.614. The van der Waals surface area contributed by atoms with E-state index in [9.17, 15) is 0 Å². The second-order valence-electron chi connectivity index (χ2n) is 15.1. The number of hydrogen-bond donors (Lipinski definition) is 0. The summed E-state index contributed by atoms with van der Waals surface area (Å²) in [6.07, 6.45) is 0. The third-order valence-corrected chi connectivity index (χ3v) is 11.8. The Bertz CT molecular complexity index is 3420. The van der Waals surface area contributed by atoms with Crippen molar-refractivity contribution >= 4 is 32.6 Å². The molecule has 12 rings (SSSR count). The van der Waals surface area contributed by atoms with Gasteiger partial charge in [-0.2, -0.15) is 0 Å². The van der Waals surface area contributed by atoms with Crippen LogP contribution in [0.1, 0.15) is 0 Å². The lowest BCUT2D eigenvalue weighted by Gasteiger charge is -2.17. The first-order valence-corrected chi connectivity index (χ1v) is 20.0. The minimum absolute atomic E-state index is 0.614. The molecule has 274 valence electrons. The molecule has 4 nitrogen and oxygen atoms in total. The number of benzene rings is 9. The molecular formula is C55H34N4. The van der Waals surface area contributed by atoms with E-state index >= 15 is 0 Å². The molecule has 0 N–H and O–H groups in total. The molecule has 0 aliphatic heterocycles. The molecule has 0 amide bonds. The van der Waals surface area contributed by atoms with Crippen molar-refractivity contribution in [3.63, 3.8) is 0 Å². The zero-order valence-corrected chi connectivity index (χ0v) is 31.9. The van der Waals surface area contributed by atoms with Crippen LogP contribution in [0.5, 0.6) is 0 Å². The number of para-hydroxylation sites is 1. The van der Waals surface area contributed by atoms with Crippen molar-refractivity contribution < 1.29 is 0 Å². The summed E-state index contributed by atoms with van der Waals surface area (Å²) in [5, 5.41) is 5.02. The lowest BCUT2D eigenvalue weighted by atomic mass is 9.90. The van der Waals surface area contributed by atoms with Crippen LogP contribution in [0.4, 0.5) is 0 Å². The zero-order chi connectivity index (χ0) is 38.9. The van der Waals surface area contributed by atoms with Crippen LogP contribution in [0.2, 0.25) is 0 Å². The van der Waals surface area contributed by atoms with Crippen LogP contribution >= 0.6 is 0 Å². The summed E-state index contributed by atoms with van der Waals surface area (Å²) >= 11 is 0. The van der Waals surface area contributed by atoms with E-state index in [1.165, 1.54) is 54.9 Å². The molecule has 0 bridgehead atoms. The Balaban J connectivity index is 1.17. The molecule has 59 heavy (non-hydrogen) atoms. The van der Waals surface area contributed by atoms with E-state index < -0.39 is 0 Å². The Hall–Kier alpha value is -7.95. The molecule has 11 aromatic rings. The van der Waals surface area contributed by atoms with Gasteiger partial charge in [-0.15, -0.1) is 0 Å². The summed E-state index contributed by atoms with van der Waals surface area (Å²) in [7, 11) is 0. The van der Waals surface area contributed by atoms with Gasteiger partial charge >= 0.3 is 0 Å². The van der Waals surface area contributed by atoms with Gasteiger partial charge in [-0.25, -0.2) is 15.0 Å². The van der Waals surface area contributed by atoms with Crippen molar-refractivity contribution in [1.29, 1.82) is 0 Å². The highest BCUT2D eigenvalue weighted by atomic mass is 15.1. The largest absolute Gasteiger partial charge is 0.308 e. The summed E-state index contributed by atoms with van der Waals surface area (Å²) in [4.78, 5) is 15.7. The van der Waals surface area contributed by atoms with Crippen molar-refractivity contribution in [1.82, 2.24) is 19.5 Å². The van der Waals surface area contributed by atoms with E-state index in [0.29, 0.717) is 17.5 Å². The van der Waals surface area contributed by atoms with Crippen LogP contribution in [-0.2, 0) is 0 Å². The standard InChI is InChI=1S/C55H34N4/c1-4-17-35(18-5-1)38-23-14-24-39(33-38)54-56-53(37-21-8-3-9-22-37)57-55(58-54)45-27-12-13-31-47(45)59-48-32-16-30-43-41-26-11-10-25-40(41)42-28-15-29-44-46(36-19-6-2-7-20-36)34-49(59)52(50(42)44)51(43)48/h1-34H. The van der Waals surface area contributed by atoms with Gasteiger partial charge in [-0.3, -0.25) is 0 Å². The van der Waals surface area contributed by atoms with E-state index in [0.717, 1.165) is 44.5 Å². The van der Waals surface area contributed by atoms with Crippen LogP contribution in [0.3, 0.4) is 0 Å². The molecule has 2 heterocycles. The summed E-state index contributed by atoms with van der Waals surface area (Å²) < 4.78 is 2.45. The number of aromatic nitrogens is 4. The topological polar surface area (TPSA) is 43.6 Å². The molecule has 0 spiro atoms. The number of hydrogen-bond acceptors (Lipinski definition) is 3. The van der Waals surface area contributed by atoms with Crippen LogP contribution in [0.15, 0.2) is 206 Å². The maximum atomic E-state index is 5.32. The summed E-state index contributed by atoms with van der Waals surface area (Å²) in [5.41, 5.74) is 15.7. The first-order valence-electron chi connectivity index (χ1n) is 20.0. The summed E-state index contributed by atoms with van der Waals surface area (Å²) in [6, 6.07) is 73.3. The van der Waals surface area contributed by atoms with Crippen molar-refractivity contribution in [2.45, 2.75) is 0 Å². The molecule has 9 aromatic carbocycles. The Labute approximate surface area is 341 Å². The predicted molar refractivity (Wildman–Crippen MR) is 243 cm³/mol. The number of rotatable bonds is 6. The Morgan fingerprint density at radius 1 is 0.271 bits per heavy atom. The quantitative estimate of drug-likeness (QED) is 0.170. The van der Waals surface area contributed by atoms with Gasteiger partial charge < -0.3 is 4.57 Å². The average molecular weight is 751 g/mol. The van der Waals surface area contributed by atoms with Crippen LogP contribution < -0.4 is 0 Å². The first kappa shape index (κ1) is 33.2. The van der Waals surface area contributed by atoms with Gasteiger partial charge in [0.15, 0.2) is 17.5 Å². The molecule has 0 atom stereocenters. The molecule has 0 fully saturated rings. The number of nitrogens with zero attached hydrogens (tertiary/aromatic N) is 4. The second-order valence-corrected chi connectivity index (χ2v) is 15.1. The van der Waals surface area contributed by atoms with Crippen molar-refractivity contribution in [3.05, 3.63) is 206 Å². The lowest BCUT2D eigenvalue weighted by molar-refractivity contribution is 1.06. The van der Waals surface area contributed by atoms with Gasteiger partial charge in [0.25, 0.3) is 0 Å². The summed E-state index contributed by atoms with van der Waals surface area (Å²) in [5.74, 6) is 1.87.